The summed E-state index contributed by atoms with van der Waals surface area (Å²) >= 11 is 0. The molecule has 0 aliphatic rings. The summed E-state index contributed by atoms with van der Waals surface area (Å²) in [7, 11) is 0. The van der Waals surface area contributed by atoms with Crippen LogP contribution in [0, 0.1) is 13.8 Å². The van der Waals surface area contributed by atoms with Crippen LogP contribution in [0.3, 0.4) is 0 Å². The maximum Gasteiger partial charge on any atom is 0.292 e. The van der Waals surface area contributed by atoms with E-state index in [1.54, 1.807) is 0 Å². The fourth-order valence-electron chi connectivity index (χ4n) is 1.54. The first-order chi connectivity index (χ1) is 8.54. The number of rotatable bonds is 3. The molecule has 0 bridgehead atoms. The summed E-state index contributed by atoms with van der Waals surface area (Å²) in [4.78, 5) is 11.7. The molecule has 0 aliphatic carbocycles. The molecular weight excluding hydrogens is 234 g/mol. The van der Waals surface area contributed by atoms with Gasteiger partial charge in [-0.1, -0.05) is 16.8 Å². The monoisotopic (exact) mass is 247 g/mol. The third-order valence-corrected chi connectivity index (χ3v) is 2.46. The topological polar surface area (TPSA) is 82.1 Å². The number of carbonyl (C=O) groups is 1. The van der Waals surface area contributed by atoms with Gasteiger partial charge in [0.15, 0.2) is 0 Å². The van der Waals surface area contributed by atoms with Crippen LogP contribution in [-0.2, 0) is 11.3 Å². The highest BCUT2D eigenvalue weighted by Gasteiger charge is 2.13. The number of nitrogens with zero attached hydrogens (tertiary/aromatic N) is 2. The van der Waals surface area contributed by atoms with Gasteiger partial charge in [0.25, 0.3) is 12.5 Å². The van der Waals surface area contributed by atoms with Gasteiger partial charge < -0.3 is 14.9 Å². The molecule has 0 atom stereocenters. The Morgan fingerprint density at radius 3 is 2.94 bits per heavy atom. The van der Waals surface area contributed by atoms with Crippen molar-refractivity contribution in [3.63, 3.8) is 0 Å². The van der Waals surface area contributed by atoms with Crippen LogP contribution in [0.25, 0.3) is 0 Å². The third kappa shape index (κ3) is 2.85. The molecule has 1 aromatic heterocycles. The minimum Gasteiger partial charge on any atom is -0.539 e. The van der Waals surface area contributed by atoms with E-state index in [1.165, 1.54) is 0 Å². The molecule has 1 heterocycles. The highest BCUT2D eigenvalue weighted by molar-refractivity contribution is 5.90. The second-order valence-electron chi connectivity index (χ2n) is 4.09. The molecule has 1 N–H and O–H groups in total. The standard InChI is InChI=1S/C12H13N3O3/c1-8-3-4-9(2)10(5-8)13-11(16)6-15-7-12(17)18-14-15/h3-5,7H,6H2,1-2H3,(H-,13,14,16,17). The minimum absolute atomic E-state index is 0.0564. The second kappa shape index (κ2) is 4.87. The Hall–Kier alpha value is -2.37. The first-order valence-electron chi connectivity index (χ1n) is 5.45. The molecule has 0 aliphatic heterocycles. The number of hydrogen-bond donors (Lipinski definition) is 1. The zero-order valence-electron chi connectivity index (χ0n) is 10.1. The molecule has 0 radical (unpaired) electrons. The average molecular weight is 247 g/mol. The fraction of sp³-hybridized carbons (Fsp3) is 0.250. The molecule has 6 heteroatoms. The second-order valence-corrected chi connectivity index (χ2v) is 4.09. The molecular formula is C12H13N3O3. The van der Waals surface area contributed by atoms with Gasteiger partial charge in [0.1, 0.15) is 5.95 Å². The van der Waals surface area contributed by atoms with Crippen molar-refractivity contribution in [1.82, 2.24) is 5.27 Å². The Morgan fingerprint density at radius 1 is 1.50 bits per heavy atom. The molecule has 2 aromatic rings. The van der Waals surface area contributed by atoms with Gasteiger partial charge >= 0.3 is 0 Å². The summed E-state index contributed by atoms with van der Waals surface area (Å²) in [6.07, 6.45) is 1.13. The normalized spacial score (nSPS) is 10.3. The molecule has 18 heavy (non-hydrogen) atoms. The SMILES string of the molecule is Cc1ccc(C)c(NC(=O)C[n+]2cc([O-])on2)c1. The lowest BCUT2D eigenvalue weighted by Gasteiger charge is -2.07. The van der Waals surface area contributed by atoms with E-state index in [0.717, 1.165) is 27.7 Å². The molecule has 1 amide bonds. The number of nitrogens with one attached hydrogen (secondary N) is 1. The van der Waals surface area contributed by atoms with Crippen LogP contribution >= 0.6 is 0 Å². The molecule has 0 saturated heterocycles. The lowest BCUT2D eigenvalue weighted by molar-refractivity contribution is -0.750. The number of anilines is 1. The molecule has 2 rings (SSSR count). The van der Waals surface area contributed by atoms with Crippen LogP contribution in [0.5, 0.6) is 5.95 Å². The maximum atomic E-state index is 11.7. The molecule has 94 valence electrons. The highest BCUT2D eigenvalue weighted by Crippen LogP contribution is 2.15. The molecule has 0 saturated carbocycles. The van der Waals surface area contributed by atoms with Crippen LogP contribution in [0.15, 0.2) is 28.9 Å². The van der Waals surface area contributed by atoms with Crippen molar-refractivity contribution in [1.29, 1.82) is 0 Å². The van der Waals surface area contributed by atoms with Gasteiger partial charge in [0, 0.05) is 5.69 Å². The van der Waals surface area contributed by atoms with E-state index >= 15 is 0 Å². The number of aryl methyl sites for hydroxylation is 2. The molecule has 0 unspecified atom stereocenters. The van der Waals surface area contributed by atoms with Crippen molar-refractivity contribution >= 4 is 11.6 Å². The van der Waals surface area contributed by atoms with Crippen LogP contribution in [0.4, 0.5) is 5.69 Å². The van der Waals surface area contributed by atoms with Gasteiger partial charge in [-0.15, -0.1) is 0 Å². The zero-order chi connectivity index (χ0) is 13.1. The van der Waals surface area contributed by atoms with Crippen molar-refractivity contribution in [3.8, 4) is 5.95 Å². The Kier molecular flexibility index (Phi) is 3.27. The van der Waals surface area contributed by atoms with Crippen LogP contribution < -0.4 is 15.1 Å². The van der Waals surface area contributed by atoms with E-state index in [1.807, 2.05) is 32.0 Å². The van der Waals surface area contributed by atoms with E-state index in [2.05, 4.69) is 15.1 Å². The van der Waals surface area contributed by atoms with E-state index in [-0.39, 0.29) is 12.5 Å². The number of hydrogen-bond acceptors (Lipinski definition) is 4. The Labute approximate surface area is 104 Å². The quantitative estimate of drug-likeness (QED) is 0.790. The Bertz CT molecular complexity index is 578. The van der Waals surface area contributed by atoms with Crippen molar-refractivity contribution in [3.05, 3.63) is 35.5 Å². The van der Waals surface area contributed by atoms with Crippen LogP contribution in [0.1, 0.15) is 11.1 Å². The molecule has 0 spiro atoms. The van der Waals surface area contributed by atoms with Crippen LogP contribution in [-0.4, -0.2) is 11.2 Å². The van der Waals surface area contributed by atoms with E-state index < -0.39 is 5.95 Å². The predicted octanol–water partition coefficient (Wildman–Crippen LogP) is 0.291. The number of amides is 1. The van der Waals surface area contributed by atoms with Crippen molar-refractivity contribution in [2.24, 2.45) is 0 Å². The average Bonchev–Trinajstić information content (AvgIpc) is 2.69. The van der Waals surface area contributed by atoms with Gasteiger partial charge in [-0.05, 0) is 31.0 Å². The van der Waals surface area contributed by atoms with Gasteiger partial charge in [0.2, 0.25) is 6.20 Å². The summed E-state index contributed by atoms with van der Waals surface area (Å²) in [5, 5.41) is 16.9. The molecule has 6 nitrogen and oxygen atoms in total. The van der Waals surface area contributed by atoms with E-state index in [0.29, 0.717) is 0 Å². The van der Waals surface area contributed by atoms with Gasteiger partial charge in [-0.3, -0.25) is 4.79 Å². The van der Waals surface area contributed by atoms with Crippen molar-refractivity contribution < 1.29 is 19.1 Å². The smallest absolute Gasteiger partial charge is 0.292 e. The summed E-state index contributed by atoms with van der Waals surface area (Å²) in [5.74, 6) is -0.837. The van der Waals surface area contributed by atoms with Gasteiger partial charge in [-0.25, -0.2) is 0 Å². The minimum atomic E-state index is -0.575. The zero-order valence-corrected chi connectivity index (χ0v) is 10.1. The largest absolute Gasteiger partial charge is 0.539 e. The third-order valence-electron chi connectivity index (χ3n) is 2.46. The summed E-state index contributed by atoms with van der Waals surface area (Å²) in [6.45, 7) is 3.80. The Morgan fingerprint density at radius 2 is 2.28 bits per heavy atom. The summed E-state index contributed by atoms with van der Waals surface area (Å²) in [6, 6.07) is 5.80. The lowest BCUT2D eigenvalue weighted by atomic mass is 10.1. The molecule has 1 aromatic carbocycles. The van der Waals surface area contributed by atoms with E-state index in [4.69, 9.17) is 0 Å². The Balaban J connectivity index is 2.05. The molecule has 0 fully saturated rings. The fourth-order valence-corrected chi connectivity index (χ4v) is 1.54. The maximum absolute atomic E-state index is 11.7. The predicted molar refractivity (Wildman–Crippen MR) is 60.7 cm³/mol. The van der Waals surface area contributed by atoms with Gasteiger partial charge in [-0.2, -0.15) is 0 Å². The summed E-state index contributed by atoms with van der Waals surface area (Å²) in [5.41, 5.74) is 2.79. The van der Waals surface area contributed by atoms with E-state index in [9.17, 15) is 9.90 Å². The summed E-state index contributed by atoms with van der Waals surface area (Å²) < 4.78 is 5.49. The van der Waals surface area contributed by atoms with Gasteiger partial charge in [0.05, 0.1) is 5.27 Å². The number of aromatic nitrogens is 2. The first kappa shape index (κ1) is 12.1. The lowest BCUT2D eigenvalue weighted by Crippen LogP contribution is -2.41. The number of carbonyl (C=O) groups excluding carboxylic acids is 1. The number of benzene rings is 1. The highest BCUT2D eigenvalue weighted by atomic mass is 16.6. The van der Waals surface area contributed by atoms with Crippen molar-refractivity contribution in [2.45, 2.75) is 20.4 Å². The van der Waals surface area contributed by atoms with Crippen LogP contribution in [0.2, 0.25) is 0 Å². The van der Waals surface area contributed by atoms with Crippen molar-refractivity contribution in [2.75, 3.05) is 5.32 Å². The first-order valence-corrected chi connectivity index (χ1v) is 5.45.